The number of rotatable bonds is 18. The lowest BCUT2D eigenvalue weighted by molar-refractivity contribution is -0.156. The molecule has 8 unspecified atom stereocenters. The molecule has 378 valence electrons. The number of nitrogens with two attached hydrogens (primary N) is 1. The van der Waals surface area contributed by atoms with Crippen LogP contribution in [0, 0.1) is 17.6 Å². The number of aromatic amines is 1. The van der Waals surface area contributed by atoms with Gasteiger partial charge in [0.2, 0.25) is 5.95 Å². The lowest BCUT2D eigenvalue weighted by atomic mass is 9.87. The first-order valence-electron chi connectivity index (χ1n) is 22.1. The van der Waals surface area contributed by atoms with E-state index in [9.17, 15) is 37.4 Å². The number of nitrogens with one attached hydrogen (secondary N) is 2. The maximum absolute atomic E-state index is 16.0. The molecule has 4 aromatic rings. The second-order valence-electron chi connectivity index (χ2n) is 17.4. The molecular weight excluding hydrogens is 1020 g/mol. The monoisotopic (exact) mass is 1070 g/mol. The number of alkyl halides is 1. The number of nitrogen functional groups attached to an aromatic ring is 1. The van der Waals surface area contributed by atoms with E-state index in [1.54, 1.807) is 0 Å². The first-order valence-corrected chi connectivity index (χ1v) is 26.9. The minimum atomic E-state index is -4.77. The Morgan fingerprint density at radius 3 is 2.20 bits per heavy atom. The van der Waals surface area contributed by atoms with Gasteiger partial charge in [-0.05, 0) is 102 Å². The number of imidazole rings is 1. The van der Waals surface area contributed by atoms with E-state index in [2.05, 4.69) is 20.0 Å². The van der Waals surface area contributed by atoms with E-state index in [-0.39, 0.29) is 52.2 Å². The van der Waals surface area contributed by atoms with E-state index in [0.29, 0.717) is 38.5 Å². The number of carbonyl (C=O) groups excluding carboxylic acids is 2. The van der Waals surface area contributed by atoms with Crippen molar-refractivity contribution >= 4 is 78.1 Å². The van der Waals surface area contributed by atoms with Crippen LogP contribution in [0.2, 0.25) is 10.0 Å². The van der Waals surface area contributed by atoms with Crippen molar-refractivity contribution in [3.8, 4) is 11.5 Å². The number of anilines is 1. The number of aromatic nitrogens is 4. The van der Waals surface area contributed by atoms with E-state index >= 15 is 4.39 Å². The number of hydrogen-bond acceptors (Lipinski definition) is 15. The van der Waals surface area contributed by atoms with Gasteiger partial charge in [-0.25, -0.2) is 27.3 Å². The Morgan fingerprint density at radius 1 is 0.986 bits per heavy atom. The number of benzene rings is 2. The molecule has 69 heavy (non-hydrogen) atoms. The number of carbonyl (C=O) groups is 2. The van der Waals surface area contributed by atoms with Crippen LogP contribution in [0.25, 0.3) is 11.2 Å². The van der Waals surface area contributed by atoms with Crippen molar-refractivity contribution in [1.29, 1.82) is 0 Å². The summed E-state index contributed by atoms with van der Waals surface area (Å²) in [6.07, 6.45) is 0.405. The number of hydrogen-bond donors (Lipinski definition) is 4. The summed E-state index contributed by atoms with van der Waals surface area (Å²) in [4.78, 5) is 49.8. The third-order valence-corrected chi connectivity index (χ3v) is 16.8. The Kier molecular flexibility index (Phi) is 16.7. The molecule has 27 heteroatoms. The van der Waals surface area contributed by atoms with Gasteiger partial charge in [-0.1, -0.05) is 29.6 Å². The molecular formula is C42H51Cl3F3N7O12P2. The summed E-state index contributed by atoms with van der Waals surface area (Å²) in [7, 11) is -4.77. The van der Waals surface area contributed by atoms with Crippen LogP contribution in [0.3, 0.4) is 0 Å². The van der Waals surface area contributed by atoms with Crippen molar-refractivity contribution in [1.82, 2.24) is 29.3 Å². The Morgan fingerprint density at radius 2 is 1.58 bits per heavy atom. The van der Waals surface area contributed by atoms with Gasteiger partial charge < -0.3 is 34.1 Å². The zero-order valence-corrected chi connectivity index (χ0v) is 41.5. The third kappa shape index (κ3) is 12.6. The first-order chi connectivity index (χ1) is 32.5. The van der Waals surface area contributed by atoms with Crippen LogP contribution in [0.1, 0.15) is 84.8 Å². The molecule has 0 radical (unpaired) electrons. The first kappa shape index (κ1) is 52.9. The zero-order chi connectivity index (χ0) is 50.0. The van der Waals surface area contributed by atoms with E-state index in [0.717, 1.165) is 67.4 Å². The molecule has 5 N–H and O–H groups in total. The van der Waals surface area contributed by atoms with E-state index < -0.39 is 97.7 Å². The molecule has 0 bridgehead atoms. The van der Waals surface area contributed by atoms with Crippen LogP contribution in [0.5, 0.6) is 11.5 Å². The summed E-state index contributed by atoms with van der Waals surface area (Å²) in [6.45, 7) is -1.26. The van der Waals surface area contributed by atoms with Crippen molar-refractivity contribution in [2.75, 3.05) is 18.9 Å². The highest BCUT2D eigenvalue weighted by Gasteiger charge is 2.56. The number of ether oxygens (including phenoxy) is 3. The predicted molar refractivity (Wildman–Crippen MR) is 247 cm³/mol. The Balaban J connectivity index is 0.999. The molecule has 2 saturated carbocycles. The molecule has 3 aliphatic rings. The largest absolute Gasteiger partial charge is 0.461 e. The van der Waals surface area contributed by atoms with E-state index in [4.69, 9.17) is 68.0 Å². The molecule has 2 aromatic carbocycles. The van der Waals surface area contributed by atoms with Crippen LogP contribution < -0.4 is 25.4 Å². The van der Waals surface area contributed by atoms with Gasteiger partial charge in [0.15, 0.2) is 23.6 Å². The molecule has 1 aliphatic heterocycles. The van der Waals surface area contributed by atoms with Crippen molar-refractivity contribution in [3.05, 3.63) is 74.8 Å². The standard InChI is InChI=1S/C42H51Cl3F3N7O12P2/c1-22(38(57)63-26-11-9-24(10-12-26)19-55(23(2)39(58)64-25-7-5-4-6-8-25)68(45,60)66-27-13-15-31(46)29(43)17-27)53-69(61,67-28-14-16-32(47)30(44)18-28)62-20-33-35(48)42(3,59)40(65-33)54-21-50-34-36(54)51-41(49)52-37(34)56/h13-18,21-26,33,35,40,59H,4-12,19-20H2,1-3H3,(H,53,61)(H3,49,51,52,56). The normalized spacial score (nSPS) is 25.9. The maximum atomic E-state index is 16.0. The number of esters is 2. The number of H-pyrrole nitrogens is 1. The predicted octanol–water partition coefficient (Wildman–Crippen LogP) is 8.55. The highest BCUT2D eigenvalue weighted by Crippen LogP contribution is 2.58. The second kappa shape index (κ2) is 21.8. The molecule has 2 aliphatic carbocycles. The van der Waals surface area contributed by atoms with Gasteiger partial charge in [-0.15, -0.1) is 0 Å². The van der Waals surface area contributed by atoms with Gasteiger partial charge in [0, 0.05) is 29.9 Å². The topological polar surface area (TPSA) is 249 Å². The van der Waals surface area contributed by atoms with Gasteiger partial charge in [0.05, 0.1) is 23.0 Å². The summed E-state index contributed by atoms with van der Waals surface area (Å²) in [5.41, 5.74) is 2.42. The minimum Gasteiger partial charge on any atom is -0.461 e. The zero-order valence-electron chi connectivity index (χ0n) is 37.4. The average Bonchev–Trinajstić information content (AvgIpc) is 3.81. The fraction of sp³-hybridized carbons (Fsp3) is 0.548. The van der Waals surface area contributed by atoms with Crippen molar-refractivity contribution < 1.29 is 64.8 Å². The lowest BCUT2D eigenvalue weighted by Gasteiger charge is -2.36. The fourth-order valence-electron chi connectivity index (χ4n) is 8.40. The van der Waals surface area contributed by atoms with Crippen LogP contribution in [-0.4, -0.2) is 96.6 Å². The van der Waals surface area contributed by atoms with Crippen molar-refractivity contribution in [3.63, 3.8) is 0 Å². The van der Waals surface area contributed by atoms with E-state index in [1.807, 2.05) is 0 Å². The maximum Gasteiger partial charge on any atom is 0.459 e. The van der Waals surface area contributed by atoms with Gasteiger partial charge >= 0.3 is 26.6 Å². The second-order valence-corrected chi connectivity index (χ2v) is 22.8. The summed E-state index contributed by atoms with van der Waals surface area (Å²) in [5.74, 6) is -3.94. The molecule has 19 nitrogen and oxygen atoms in total. The number of halogens is 6. The highest BCUT2D eigenvalue weighted by atomic mass is 35.7. The van der Waals surface area contributed by atoms with Crippen LogP contribution in [0.4, 0.5) is 19.1 Å². The van der Waals surface area contributed by atoms with E-state index in [1.165, 1.54) is 24.6 Å². The van der Waals surface area contributed by atoms with Gasteiger partial charge in [0.25, 0.3) is 5.56 Å². The van der Waals surface area contributed by atoms with Crippen LogP contribution >= 0.6 is 49.1 Å². The fourth-order valence-corrected chi connectivity index (χ4v) is 12.5. The summed E-state index contributed by atoms with van der Waals surface area (Å²) < 4.78 is 109. The molecule has 8 atom stereocenters. The summed E-state index contributed by atoms with van der Waals surface area (Å²) >= 11 is 18.5. The quantitative estimate of drug-likeness (QED) is 0.0538. The molecule has 3 heterocycles. The SMILES string of the molecule is CC(NP(=O)(OCC1OC(n2cnc3c(=O)[nH]c(N)nc32)C(C)(O)C1F)Oc1ccc(F)c(Cl)c1)C(=O)OC1CCC(CN(C(C)C(=O)OC2CCCCC2)P(=O)(Cl)Oc2ccc(F)c(Cl)c2)CC1. The van der Waals surface area contributed by atoms with Crippen molar-refractivity contribution in [2.45, 2.75) is 127 Å². The Labute approximate surface area is 408 Å². The lowest BCUT2D eigenvalue weighted by Crippen LogP contribution is -2.43. The minimum absolute atomic E-state index is 0.00535. The summed E-state index contributed by atoms with van der Waals surface area (Å²) in [5, 5.41) is 13.1. The Hall–Kier alpha value is -3.95. The molecule has 0 amide bonds. The molecule has 1 saturated heterocycles. The summed E-state index contributed by atoms with van der Waals surface area (Å²) in [6, 6.07) is 3.84. The molecule has 0 spiro atoms. The average molecular weight is 1070 g/mol. The third-order valence-electron chi connectivity index (χ3n) is 12.2. The van der Waals surface area contributed by atoms with Crippen molar-refractivity contribution in [2.24, 2.45) is 5.92 Å². The van der Waals surface area contributed by atoms with Gasteiger partial charge in [0.1, 0.15) is 59.1 Å². The number of aliphatic hydroxyl groups is 1. The Bertz CT molecular complexity index is 2680. The van der Waals surface area contributed by atoms with Gasteiger partial charge in [-0.2, -0.15) is 14.7 Å². The van der Waals surface area contributed by atoms with Crippen LogP contribution in [-0.2, 0) is 37.5 Å². The van der Waals surface area contributed by atoms with Crippen LogP contribution in [0.15, 0.2) is 47.5 Å². The highest BCUT2D eigenvalue weighted by molar-refractivity contribution is 7.83. The molecule has 3 fully saturated rings. The van der Waals surface area contributed by atoms with Gasteiger partial charge in [-0.3, -0.25) is 28.5 Å². The smallest absolute Gasteiger partial charge is 0.459 e. The number of nitrogens with zero attached hydrogens (tertiary/aromatic N) is 4. The number of fused-ring (bicyclic) bond motifs is 1. The molecule has 2 aromatic heterocycles. The molecule has 7 rings (SSSR count).